The molecule has 1 aromatic carbocycles. The Kier molecular flexibility index (Phi) is 5.27. The maximum Gasteiger partial charge on any atom is 0.225 e. The highest BCUT2D eigenvalue weighted by Crippen LogP contribution is 2.25. The molecular formula is C19H23N3O3S. The molecule has 3 rings (SSSR count). The number of aryl methyl sites for hydroxylation is 2. The van der Waals surface area contributed by atoms with Crippen molar-refractivity contribution < 1.29 is 13.2 Å². The molecule has 2 aromatic rings. The van der Waals surface area contributed by atoms with Crippen molar-refractivity contribution in [3.63, 3.8) is 0 Å². The van der Waals surface area contributed by atoms with Crippen molar-refractivity contribution >= 4 is 27.2 Å². The summed E-state index contributed by atoms with van der Waals surface area (Å²) in [5.41, 5.74) is 2.91. The maximum absolute atomic E-state index is 12.6. The highest BCUT2D eigenvalue weighted by atomic mass is 32.2. The number of anilines is 2. The van der Waals surface area contributed by atoms with Gasteiger partial charge in [-0.05, 0) is 54.7 Å². The molecule has 1 N–H and O–H groups in total. The lowest BCUT2D eigenvalue weighted by Gasteiger charge is -2.16. The Morgan fingerprint density at radius 2 is 1.96 bits per heavy atom. The summed E-state index contributed by atoms with van der Waals surface area (Å²) in [5.74, 6) is 0.0722. The zero-order valence-corrected chi connectivity index (χ0v) is 15.8. The number of benzene rings is 1. The zero-order chi connectivity index (χ0) is 18.7. The first-order valence-electron chi connectivity index (χ1n) is 8.63. The second-order valence-electron chi connectivity index (χ2n) is 6.67. The van der Waals surface area contributed by atoms with Crippen LogP contribution < -0.4 is 10.2 Å². The van der Waals surface area contributed by atoms with E-state index in [1.165, 1.54) is 5.56 Å². The Morgan fingerprint density at radius 1 is 1.19 bits per heavy atom. The molecule has 1 aromatic heterocycles. The standard InChI is InChI=1S/C19H23N3O3S/c1-22(2)19-17(7-4-11-20-19)21-18(23)10-12-26(24,25)16-9-8-14-5-3-6-15(14)13-16/h4,7-9,11,13H,3,5-6,10,12H2,1-2H3,(H,21,23). The van der Waals surface area contributed by atoms with Gasteiger partial charge < -0.3 is 10.2 Å². The van der Waals surface area contributed by atoms with Crippen LogP contribution in [0.5, 0.6) is 0 Å². The Balaban J connectivity index is 1.66. The number of hydrogen-bond donors (Lipinski definition) is 1. The molecule has 7 heteroatoms. The molecule has 0 fully saturated rings. The summed E-state index contributed by atoms with van der Waals surface area (Å²) in [6.07, 6.45) is 4.55. The van der Waals surface area contributed by atoms with Crippen molar-refractivity contribution in [1.29, 1.82) is 0 Å². The fraction of sp³-hybridized carbons (Fsp3) is 0.368. The number of fused-ring (bicyclic) bond motifs is 1. The predicted molar refractivity (Wildman–Crippen MR) is 102 cm³/mol. The second-order valence-corrected chi connectivity index (χ2v) is 8.78. The first-order valence-corrected chi connectivity index (χ1v) is 10.3. The third-order valence-electron chi connectivity index (χ3n) is 4.51. The van der Waals surface area contributed by atoms with Crippen molar-refractivity contribution in [2.24, 2.45) is 0 Å². The van der Waals surface area contributed by atoms with E-state index in [4.69, 9.17) is 0 Å². The number of pyridine rings is 1. The average molecular weight is 373 g/mol. The molecule has 0 saturated carbocycles. The number of hydrogen-bond acceptors (Lipinski definition) is 5. The number of aromatic nitrogens is 1. The van der Waals surface area contributed by atoms with Crippen LogP contribution in [0.3, 0.4) is 0 Å². The van der Waals surface area contributed by atoms with Gasteiger partial charge in [0.05, 0.1) is 16.3 Å². The van der Waals surface area contributed by atoms with E-state index in [9.17, 15) is 13.2 Å². The lowest BCUT2D eigenvalue weighted by Crippen LogP contribution is -2.20. The van der Waals surface area contributed by atoms with Crippen molar-refractivity contribution in [3.05, 3.63) is 47.7 Å². The van der Waals surface area contributed by atoms with Crippen LogP contribution in [0.25, 0.3) is 0 Å². The van der Waals surface area contributed by atoms with Crippen molar-refractivity contribution in [2.45, 2.75) is 30.6 Å². The van der Waals surface area contributed by atoms with Crippen LogP contribution in [0.1, 0.15) is 24.0 Å². The van der Waals surface area contributed by atoms with Crippen LogP contribution in [0, 0.1) is 0 Å². The van der Waals surface area contributed by atoms with E-state index >= 15 is 0 Å². The van der Waals surface area contributed by atoms with E-state index in [1.54, 1.807) is 35.4 Å². The normalized spacial score (nSPS) is 13.3. The number of carbonyl (C=O) groups is 1. The minimum Gasteiger partial charge on any atom is -0.361 e. The molecule has 1 aliphatic rings. The van der Waals surface area contributed by atoms with Gasteiger partial charge in [0.1, 0.15) is 0 Å². The number of rotatable bonds is 6. The van der Waals surface area contributed by atoms with Gasteiger partial charge in [0.25, 0.3) is 0 Å². The van der Waals surface area contributed by atoms with Gasteiger partial charge in [0, 0.05) is 26.7 Å². The van der Waals surface area contributed by atoms with E-state index < -0.39 is 9.84 Å². The predicted octanol–water partition coefficient (Wildman–Crippen LogP) is 2.44. The maximum atomic E-state index is 12.6. The largest absolute Gasteiger partial charge is 0.361 e. The molecule has 1 heterocycles. The highest BCUT2D eigenvalue weighted by Gasteiger charge is 2.20. The molecule has 0 saturated heterocycles. The Bertz CT molecular complexity index is 923. The fourth-order valence-electron chi connectivity index (χ4n) is 3.15. The Morgan fingerprint density at radius 3 is 2.73 bits per heavy atom. The molecule has 0 spiro atoms. The van der Waals surface area contributed by atoms with Crippen LogP contribution >= 0.6 is 0 Å². The average Bonchev–Trinajstić information content (AvgIpc) is 3.08. The molecule has 1 amide bonds. The van der Waals surface area contributed by atoms with Gasteiger partial charge in [-0.2, -0.15) is 0 Å². The van der Waals surface area contributed by atoms with Crippen molar-refractivity contribution in [2.75, 3.05) is 30.1 Å². The topological polar surface area (TPSA) is 79.4 Å². The third-order valence-corrected chi connectivity index (χ3v) is 6.23. The molecule has 0 bridgehead atoms. The summed E-state index contributed by atoms with van der Waals surface area (Å²) in [7, 11) is 0.177. The Hall–Kier alpha value is -2.41. The van der Waals surface area contributed by atoms with Gasteiger partial charge in [0.15, 0.2) is 15.7 Å². The summed E-state index contributed by atoms with van der Waals surface area (Å²) >= 11 is 0. The van der Waals surface area contributed by atoms with Gasteiger partial charge in [-0.15, -0.1) is 0 Å². The number of nitrogens with zero attached hydrogens (tertiary/aromatic N) is 2. The van der Waals surface area contributed by atoms with Crippen LogP contribution in [0.15, 0.2) is 41.4 Å². The van der Waals surface area contributed by atoms with Gasteiger partial charge in [-0.25, -0.2) is 13.4 Å². The molecule has 1 aliphatic carbocycles. The highest BCUT2D eigenvalue weighted by molar-refractivity contribution is 7.91. The van der Waals surface area contributed by atoms with Crippen LogP contribution in [-0.4, -0.2) is 39.2 Å². The molecule has 0 atom stereocenters. The minimum absolute atomic E-state index is 0.0961. The van der Waals surface area contributed by atoms with Gasteiger partial charge in [-0.3, -0.25) is 4.79 Å². The molecule has 6 nitrogen and oxygen atoms in total. The van der Waals surface area contributed by atoms with E-state index in [0.717, 1.165) is 24.8 Å². The fourth-order valence-corrected chi connectivity index (χ4v) is 4.44. The summed E-state index contributed by atoms with van der Waals surface area (Å²) in [6.45, 7) is 0. The SMILES string of the molecule is CN(C)c1ncccc1NC(=O)CCS(=O)(=O)c1ccc2c(c1)CCC2. The van der Waals surface area contributed by atoms with E-state index in [0.29, 0.717) is 16.4 Å². The number of sulfone groups is 1. The minimum atomic E-state index is -3.48. The lowest BCUT2D eigenvalue weighted by molar-refractivity contribution is -0.115. The lowest BCUT2D eigenvalue weighted by atomic mass is 10.1. The number of amides is 1. The Labute approximate surface area is 154 Å². The summed E-state index contributed by atoms with van der Waals surface area (Å²) in [6, 6.07) is 8.79. The van der Waals surface area contributed by atoms with Crippen LogP contribution in [0.4, 0.5) is 11.5 Å². The summed E-state index contributed by atoms with van der Waals surface area (Å²) in [5, 5.41) is 2.75. The van der Waals surface area contributed by atoms with Gasteiger partial charge >= 0.3 is 0 Å². The van der Waals surface area contributed by atoms with Gasteiger partial charge in [-0.1, -0.05) is 6.07 Å². The monoisotopic (exact) mass is 373 g/mol. The van der Waals surface area contributed by atoms with Crippen molar-refractivity contribution in [3.8, 4) is 0 Å². The number of carbonyl (C=O) groups excluding carboxylic acids is 1. The smallest absolute Gasteiger partial charge is 0.225 e. The van der Waals surface area contributed by atoms with E-state index in [-0.39, 0.29) is 18.1 Å². The first-order chi connectivity index (χ1) is 12.4. The molecule has 26 heavy (non-hydrogen) atoms. The van der Waals surface area contributed by atoms with Gasteiger partial charge in [0.2, 0.25) is 5.91 Å². The molecule has 0 aliphatic heterocycles. The second kappa shape index (κ2) is 7.45. The van der Waals surface area contributed by atoms with E-state index in [1.807, 2.05) is 20.2 Å². The third kappa shape index (κ3) is 4.04. The van der Waals surface area contributed by atoms with E-state index in [2.05, 4.69) is 10.3 Å². The van der Waals surface area contributed by atoms with Crippen LogP contribution in [-0.2, 0) is 27.5 Å². The van der Waals surface area contributed by atoms with Crippen molar-refractivity contribution in [1.82, 2.24) is 4.98 Å². The summed E-state index contributed by atoms with van der Waals surface area (Å²) in [4.78, 5) is 18.5. The molecule has 138 valence electrons. The molecule has 0 unspecified atom stereocenters. The number of nitrogens with one attached hydrogen (secondary N) is 1. The summed E-state index contributed by atoms with van der Waals surface area (Å²) < 4.78 is 25.1. The molecule has 0 radical (unpaired) electrons. The quantitative estimate of drug-likeness (QED) is 0.841. The zero-order valence-electron chi connectivity index (χ0n) is 15.0. The first kappa shape index (κ1) is 18.4. The molecular weight excluding hydrogens is 350 g/mol. The van der Waals surface area contributed by atoms with Crippen LogP contribution in [0.2, 0.25) is 0 Å².